The summed E-state index contributed by atoms with van der Waals surface area (Å²) in [7, 11) is -1.50. The standard InChI is InChI=1S/C16H25N3O2S.HI/c1-14-8-11-19(12-9-14)16(17-2)18-10-13-22(20,21)15-6-4-3-5-7-15;/h3-7,14H,8-13H2,1-2H3,(H,17,18);1H. The average Bonchev–Trinajstić information content (AvgIpc) is 2.53. The topological polar surface area (TPSA) is 61.8 Å². The van der Waals surface area contributed by atoms with Crippen molar-refractivity contribution in [3.8, 4) is 0 Å². The summed E-state index contributed by atoms with van der Waals surface area (Å²) in [5, 5.41) is 3.18. The van der Waals surface area contributed by atoms with E-state index in [4.69, 9.17) is 0 Å². The Morgan fingerprint density at radius 2 is 1.87 bits per heavy atom. The fraction of sp³-hybridized carbons (Fsp3) is 0.562. The molecule has 7 heteroatoms. The minimum Gasteiger partial charge on any atom is -0.355 e. The monoisotopic (exact) mass is 451 g/mol. The highest BCUT2D eigenvalue weighted by Gasteiger charge is 2.19. The smallest absolute Gasteiger partial charge is 0.193 e. The van der Waals surface area contributed by atoms with Gasteiger partial charge in [0.15, 0.2) is 15.8 Å². The zero-order chi connectivity index (χ0) is 16.0. The molecule has 1 fully saturated rings. The maximum atomic E-state index is 12.2. The first-order valence-corrected chi connectivity index (χ1v) is 9.41. The van der Waals surface area contributed by atoms with E-state index in [1.165, 1.54) is 0 Å². The van der Waals surface area contributed by atoms with Gasteiger partial charge in [0.05, 0.1) is 10.6 Å². The Labute approximate surface area is 156 Å². The summed E-state index contributed by atoms with van der Waals surface area (Å²) < 4.78 is 24.5. The van der Waals surface area contributed by atoms with E-state index in [2.05, 4.69) is 22.1 Å². The van der Waals surface area contributed by atoms with Crippen LogP contribution in [-0.4, -0.2) is 51.7 Å². The number of nitrogens with zero attached hydrogens (tertiary/aromatic N) is 2. The van der Waals surface area contributed by atoms with Gasteiger partial charge in [-0.3, -0.25) is 4.99 Å². The van der Waals surface area contributed by atoms with Crippen molar-refractivity contribution in [1.82, 2.24) is 10.2 Å². The van der Waals surface area contributed by atoms with Crippen molar-refractivity contribution in [2.45, 2.75) is 24.7 Å². The van der Waals surface area contributed by atoms with E-state index in [9.17, 15) is 8.42 Å². The van der Waals surface area contributed by atoms with E-state index in [0.717, 1.165) is 37.8 Å². The molecule has 0 aromatic heterocycles. The Hall–Kier alpha value is -0.830. The zero-order valence-corrected chi connectivity index (χ0v) is 16.9. The maximum Gasteiger partial charge on any atom is 0.193 e. The van der Waals surface area contributed by atoms with Crippen LogP contribution in [0.15, 0.2) is 40.2 Å². The molecule has 1 aliphatic rings. The highest BCUT2D eigenvalue weighted by Crippen LogP contribution is 2.16. The lowest BCUT2D eigenvalue weighted by Gasteiger charge is -2.32. The minimum absolute atomic E-state index is 0. The molecule has 0 amide bonds. The van der Waals surface area contributed by atoms with Gasteiger partial charge in [0.2, 0.25) is 0 Å². The van der Waals surface area contributed by atoms with E-state index in [1.807, 2.05) is 6.07 Å². The first-order chi connectivity index (χ1) is 10.5. The van der Waals surface area contributed by atoms with Crippen molar-refractivity contribution < 1.29 is 8.42 Å². The lowest BCUT2D eigenvalue weighted by molar-refractivity contribution is 0.274. The number of rotatable bonds is 4. The lowest BCUT2D eigenvalue weighted by Crippen LogP contribution is -2.46. The molecule has 0 bridgehead atoms. The van der Waals surface area contributed by atoms with Gasteiger partial charge in [-0.15, -0.1) is 24.0 Å². The van der Waals surface area contributed by atoms with E-state index in [0.29, 0.717) is 11.4 Å². The third-order valence-electron chi connectivity index (χ3n) is 4.05. The number of piperidine rings is 1. The second-order valence-corrected chi connectivity index (χ2v) is 7.88. The molecule has 1 aromatic rings. The first kappa shape index (κ1) is 20.2. The van der Waals surface area contributed by atoms with Crippen LogP contribution in [0.5, 0.6) is 0 Å². The molecule has 0 saturated carbocycles. The summed E-state index contributed by atoms with van der Waals surface area (Å²) in [5.41, 5.74) is 0. The van der Waals surface area contributed by atoms with Crippen LogP contribution in [-0.2, 0) is 9.84 Å². The number of hydrogen-bond acceptors (Lipinski definition) is 3. The molecule has 0 atom stereocenters. The Balaban J connectivity index is 0.00000264. The van der Waals surface area contributed by atoms with Gasteiger partial charge in [-0.1, -0.05) is 25.1 Å². The van der Waals surface area contributed by atoms with Gasteiger partial charge in [0, 0.05) is 26.7 Å². The Morgan fingerprint density at radius 3 is 2.43 bits per heavy atom. The van der Waals surface area contributed by atoms with Gasteiger partial charge in [-0.2, -0.15) is 0 Å². The van der Waals surface area contributed by atoms with Crippen LogP contribution in [0.4, 0.5) is 0 Å². The number of halogens is 1. The van der Waals surface area contributed by atoms with E-state index < -0.39 is 9.84 Å². The molecule has 0 spiro atoms. The molecule has 1 N–H and O–H groups in total. The summed E-state index contributed by atoms with van der Waals surface area (Å²) in [6, 6.07) is 8.57. The highest BCUT2D eigenvalue weighted by molar-refractivity contribution is 14.0. The van der Waals surface area contributed by atoms with Gasteiger partial charge >= 0.3 is 0 Å². The number of sulfone groups is 1. The van der Waals surface area contributed by atoms with Crippen LogP contribution in [0.1, 0.15) is 19.8 Å². The number of guanidine groups is 1. The number of likely N-dealkylation sites (tertiary alicyclic amines) is 1. The summed E-state index contributed by atoms with van der Waals surface area (Å²) in [4.78, 5) is 6.84. The van der Waals surface area contributed by atoms with Crippen LogP contribution in [0.25, 0.3) is 0 Å². The Kier molecular flexibility index (Phi) is 8.32. The molecule has 5 nitrogen and oxygen atoms in total. The van der Waals surface area contributed by atoms with Gasteiger partial charge in [0.1, 0.15) is 0 Å². The third kappa shape index (κ3) is 5.95. The van der Waals surface area contributed by atoms with Crippen LogP contribution in [0.2, 0.25) is 0 Å². The van der Waals surface area contributed by atoms with Crippen LogP contribution < -0.4 is 5.32 Å². The van der Waals surface area contributed by atoms with Crippen molar-refractivity contribution in [2.75, 3.05) is 32.4 Å². The lowest BCUT2D eigenvalue weighted by atomic mass is 10.00. The predicted molar refractivity (Wildman–Crippen MR) is 105 cm³/mol. The molecule has 130 valence electrons. The number of benzene rings is 1. The quantitative estimate of drug-likeness (QED) is 0.434. The summed E-state index contributed by atoms with van der Waals surface area (Å²) in [6.45, 7) is 4.59. The molecular weight excluding hydrogens is 425 g/mol. The highest BCUT2D eigenvalue weighted by atomic mass is 127. The molecule has 1 heterocycles. The van der Waals surface area contributed by atoms with Crippen LogP contribution >= 0.6 is 24.0 Å². The number of hydrogen-bond donors (Lipinski definition) is 1. The molecule has 0 aliphatic carbocycles. The molecule has 1 aromatic carbocycles. The van der Waals surface area contributed by atoms with Gasteiger partial charge in [0.25, 0.3) is 0 Å². The van der Waals surface area contributed by atoms with E-state index in [-0.39, 0.29) is 29.7 Å². The summed E-state index contributed by atoms with van der Waals surface area (Å²) >= 11 is 0. The van der Waals surface area contributed by atoms with E-state index in [1.54, 1.807) is 31.3 Å². The van der Waals surface area contributed by atoms with Crippen LogP contribution in [0.3, 0.4) is 0 Å². The van der Waals surface area contributed by atoms with Gasteiger partial charge in [-0.05, 0) is 30.9 Å². The van der Waals surface area contributed by atoms with Crippen molar-refractivity contribution in [3.05, 3.63) is 30.3 Å². The van der Waals surface area contributed by atoms with Gasteiger partial charge in [-0.25, -0.2) is 8.42 Å². The number of aliphatic imine (C=N–C) groups is 1. The fourth-order valence-electron chi connectivity index (χ4n) is 2.60. The maximum absolute atomic E-state index is 12.2. The zero-order valence-electron chi connectivity index (χ0n) is 13.7. The van der Waals surface area contributed by atoms with Crippen molar-refractivity contribution in [2.24, 2.45) is 10.9 Å². The van der Waals surface area contributed by atoms with E-state index >= 15 is 0 Å². The second-order valence-electron chi connectivity index (χ2n) is 5.78. The average molecular weight is 451 g/mol. The molecule has 23 heavy (non-hydrogen) atoms. The molecule has 0 radical (unpaired) electrons. The van der Waals surface area contributed by atoms with Crippen molar-refractivity contribution in [3.63, 3.8) is 0 Å². The molecule has 2 rings (SSSR count). The largest absolute Gasteiger partial charge is 0.355 e. The van der Waals surface area contributed by atoms with Crippen molar-refractivity contribution >= 4 is 39.8 Å². The third-order valence-corrected chi connectivity index (χ3v) is 5.78. The summed E-state index contributed by atoms with van der Waals surface area (Å²) in [5.74, 6) is 1.63. The van der Waals surface area contributed by atoms with Crippen molar-refractivity contribution in [1.29, 1.82) is 0 Å². The fourth-order valence-corrected chi connectivity index (χ4v) is 3.77. The predicted octanol–water partition coefficient (Wildman–Crippen LogP) is 2.39. The summed E-state index contributed by atoms with van der Waals surface area (Å²) in [6.07, 6.45) is 2.31. The molecule has 1 aliphatic heterocycles. The SMILES string of the molecule is CN=C(NCCS(=O)(=O)c1ccccc1)N1CCC(C)CC1.I. The molecule has 1 saturated heterocycles. The second kappa shape index (κ2) is 9.46. The Morgan fingerprint density at radius 1 is 1.26 bits per heavy atom. The molecule has 0 unspecified atom stereocenters. The van der Waals surface area contributed by atoms with Crippen LogP contribution in [0, 0.1) is 5.92 Å². The molecular formula is C16H26IN3O2S. The van der Waals surface area contributed by atoms with Gasteiger partial charge < -0.3 is 10.2 Å². The minimum atomic E-state index is -3.24. The normalized spacial score (nSPS) is 16.8. The number of nitrogens with one attached hydrogen (secondary N) is 1. The Bertz CT molecular complexity index is 597. The first-order valence-electron chi connectivity index (χ1n) is 7.76.